The predicted octanol–water partition coefficient (Wildman–Crippen LogP) is 3.16. The van der Waals surface area contributed by atoms with Gasteiger partial charge in [-0.05, 0) is 24.6 Å². The number of thioether (sulfide) groups is 1. The van der Waals surface area contributed by atoms with Crippen molar-refractivity contribution in [3.63, 3.8) is 0 Å². The van der Waals surface area contributed by atoms with Crippen LogP contribution >= 0.6 is 23.4 Å². The lowest BCUT2D eigenvalue weighted by molar-refractivity contribution is 0.318. The zero-order chi connectivity index (χ0) is 14.8. The number of hydrogen-bond donors (Lipinski definition) is 2. The van der Waals surface area contributed by atoms with E-state index < -0.39 is 0 Å². The Balaban J connectivity index is 2.34. The first-order chi connectivity index (χ1) is 9.43. The minimum atomic E-state index is 0.118. The second kappa shape index (κ2) is 6.14. The highest BCUT2D eigenvalue weighted by molar-refractivity contribution is 8.00. The van der Waals surface area contributed by atoms with Crippen LogP contribution in [0.2, 0.25) is 5.02 Å². The molecule has 6 heteroatoms. The van der Waals surface area contributed by atoms with E-state index in [1.165, 1.54) is 0 Å². The average Bonchev–Trinajstić information content (AvgIpc) is 2.58. The maximum absolute atomic E-state index is 8.93. The summed E-state index contributed by atoms with van der Waals surface area (Å²) in [5.74, 6) is 1.17. The molecule has 0 radical (unpaired) electrons. The molecule has 3 N–H and O–H groups in total. The molecule has 1 fully saturated rings. The van der Waals surface area contributed by atoms with Gasteiger partial charge in [0.25, 0.3) is 0 Å². The van der Waals surface area contributed by atoms with Crippen molar-refractivity contribution in [3.8, 4) is 0 Å². The maximum Gasteiger partial charge on any atom is 0.172 e. The SMILES string of the molecule is CC1(C)CCN(c2cc(Cl)ccc2/C(N)=N/O)CCS1. The van der Waals surface area contributed by atoms with Gasteiger partial charge in [-0.2, -0.15) is 11.8 Å². The number of nitrogens with zero attached hydrogens (tertiary/aromatic N) is 2. The molecule has 0 atom stereocenters. The number of oxime groups is 1. The summed E-state index contributed by atoms with van der Waals surface area (Å²) in [6.07, 6.45) is 1.08. The standard InChI is InChI=1S/C14H20ClN3OS/c1-14(2)5-6-18(7-8-20-14)12-9-10(15)3-4-11(12)13(16)17-19/h3-4,9,19H,5-8H2,1-2H3,(H2,16,17). The van der Waals surface area contributed by atoms with E-state index in [9.17, 15) is 0 Å². The van der Waals surface area contributed by atoms with Crippen LogP contribution < -0.4 is 10.6 Å². The molecule has 0 aromatic heterocycles. The van der Waals surface area contributed by atoms with Gasteiger partial charge in [0.05, 0.1) is 0 Å². The van der Waals surface area contributed by atoms with Crippen molar-refractivity contribution in [1.82, 2.24) is 0 Å². The first-order valence-corrected chi connectivity index (χ1v) is 7.96. The zero-order valence-corrected chi connectivity index (χ0v) is 13.3. The highest BCUT2D eigenvalue weighted by Gasteiger charge is 2.25. The van der Waals surface area contributed by atoms with Crippen LogP contribution in [-0.4, -0.2) is 34.6 Å². The quantitative estimate of drug-likeness (QED) is 0.381. The lowest BCUT2D eigenvalue weighted by Gasteiger charge is -2.26. The Labute approximate surface area is 129 Å². The highest BCUT2D eigenvalue weighted by atomic mass is 35.5. The third kappa shape index (κ3) is 3.52. The van der Waals surface area contributed by atoms with E-state index in [0.29, 0.717) is 5.02 Å². The fourth-order valence-electron chi connectivity index (χ4n) is 2.30. The first kappa shape index (κ1) is 15.3. The lowest BCUT2D eigenvalue weighted by Crippen LogP contribution is -2.29. The summed E-state index contributed by atoms with van der Waals surface area (Å²) in [4.78, 5) is 2.26. The Kier molecular flexibility index (Phi) is 4.70. The average molecular weight is 314 g/mol. The monoisotopic (exact) mass is 313 g/mol. The van der Waals surface area contributed by atoms with Crippen molar-refractivity contribution in [2.75, 3.05) is 23.7 Å². The van der Waals surface area contributed by atoms with Gasteiger partial charge in [-0.3, -0.25) is 0 Å². The van der Waals surface area contributed by atoms with Crippen LogP contribution in [0.25, 0.3) is 0 Å². The van der Waals surface area contributed by atoms with Gasteiger partial charge in [-0.15, -0.1) is 0 Å². The molecule has 1 aliphatic rings. The van der Waals surface area contributed by atoms with Crippen molar-refractivity contribution in [1.29, 1.82) is 0 Å². The molecular formula is C14H20ClN3OS. The fourth-order valence-corrected chi connectivity index (χ4v) is 3.56. The molecule has 0 unspecified atom stereocenters. The molecule has 1 aliphatic heterocycles. The van der Waals surface area contributed by atoms with Crippen molar-refractivity contribution >= 4 is 34.9 Å². The Morgan fingerprint density at radius 3 is 2.90 bits per heavy atom. The van der Waals surface area contributed by atoms with E-state index in [2.05, 4.69) is 23.9 Å². The van der Waals surface area contributed by atoms with E-state index in [-0.39, 0.29) is 10.6 Å². The molecule has 0 amide bonds. The van der Waals surface area contributed by atoms with Crippen LogP contribution in [0.15, 0.2) is 23.4 Å². The van der Waals surface area contributed by atoms with Gasteiger partial charge in [0.2, 0.25) is 0 Å². The van der Waals surface area contributed by atoms with Gasteiger partial charge in [0, 0.05) is 39.9 Å². The van der Waals surface area contributed by atoms with Crippen LogP contribution in [0.5, 0.6) is 0 Å². The molecule has 1 aromatic carbocycles. The summed E-state index contributed by atoms with van der Waals surface area (Å²) < 4.78 is 0.282. The van der Waals surface area contributed by atoms with Gasteiger partial charge in [-0.25, -0.2) is 0 Å². The molecule has 1 heterocycles. The van der Waals surface area contributed by atoms with Crippen LogP contribution in [0, 0.1) is 0 Å². The summed E-state index contributed by atoms with van der Waals surface area (Å²) in [6, 6.07) is 5.45. The molecule has 4 nitrogen and oxygen atoms in total. The van der Waals surface area contributed by atoms with Crippen LogP contribution in [0.1, 0.15) is 25.8 Å². The summed E-state index contributed by atoms with van der Waals surface area (Å²) in [7, 11) is 0. The smallest absolute Gasteiger partial charge is 0.172 e. The van der Waals surface area contributed by atoms with E-state index >= 15 is 0 Å². The van der Waals surface area contributed by atoms with E-state index in [1.807, 2.05) is 17.8 Å². The maximum atomic E-state index is 8.93. The minimum absolute atomic E-state index is 0.118. The van der Waals surface area contributed by atoms with E-state index in [0.717, 1.165) is 36.5 Å². The van der Waals surface area contributed by atoms with Crippen molar-refractivity contribution in [2.45, 2.75) is 25.0 Å². The largest absolute Gasteiger partial charge is 0.409 e. The molecular weight excluding hydrogens is 294 g/mol. The van der Waals surface area contributed by atoms with Gasteiger partial charge in [0.1, 0.15) is 0 Å². The first-order valence-electron chi connectivity index (χ1n) is 6.59. The summed E-state index contributed by atoms with van der Waals surface area (Å²) in [5, 5.41) is 12.7. The molecule has 0 aliphatic carbocycles. The van der Waals surface area contributed by atoms with Crippen molar-refractivity contribution in [3.05, 3.63) is 28.8 Å². The number of halogens is 1. The Hall–Kier alpha value is -1.07. The second-order valence-electron chi connectivity index (χ2n) is 5.49. The van der Waals surface area contributed by atoms with Crippen LogP contribution in [-0.2, 0) is 0 Å². The van der Waals surface area contributed by atoms with Gasteiger partial charge < -0.3 is 15.8 Å². The summed E-state index contributed by atoms with van der Waals surface area (Å²) in [5.41, 5.74) is 7.43. The lowest BCUT2D eigenvalue weighted by atomic mass is 10.1. The second-order valence-corrected chi connectivity index (χ2v) is 7.73. The third-order valence-electron chi connectivity index (χ3n) is 3.52. The van der Waals surface area contributed by atoms with E-state index in [4.69, 9.17) is 22.5 Å². The molecule has 1 saturated heterocycles. The Morgan fingerprint density at radius 1 is 1.45 bits per heavy atom. The summed E-state index contributed by atoms with van der Waals surface area (Å²) in [6.45, 7) is 6.40. The predicted molar refractivity (Wildman–Crippen MR) is 87.3 cm³/mol. The molecule has 0 saturated carbocycles. The van der Waals surface area contributed by atoms with Crippen molar-refractivity contribution in [2.24, 2.45) is 10.9 Å². The summed E-state index contributed by atoms with van der Waals surface area (Å²) >= 11 is 8.08. The van der Waals surface area contributed by atoms with Crippen LogP contribution in [0.3, 0.4) is 0 Å². The molecule has 0 bridgehead atoms. The number of anilines is 1. The Bertz CT molecular complexity index is 519. The minimum Gasteiger partial charge on any atom is -0.409 e. The van der Waals surface area contributed by atoms with Crippen LogP contribution in [0.4, 0.5) is 5.69 Å². The molecule has 2 rings (SSSR count). The molecule has 20 heavy (non-hydrogen) atoms. The number of nitrogens with two attached hydrogens (primary N) is 1. The third-order valence-corrected chi connectivity index (χ3v) is 5.13. The van der Waals surface area contributed by atoms with Gasteiger partial charge in [0.15, 0.2) is 5.84 Å². The number of amidine groups is 1. The van der Waals surface area contributed by atoms with Gasteiger partial charge in [-0.1, -0.05) is 30.6 Å². The number of rotatable bonds is 2. The Morgan fingerprint density at radius 2 is 2.20 bits per heavy atom. The fraction of sp³-hybridized carbons (Fsp3) is 0.500. The number of hydrogen-bond acceptors (Lipinski definition) is 4. The number of benzene rings is 1. The topological polar surface area (TPSA) is 61.8 Å². The molecule has 1 aromatic rings. The highest BCUT2D eigenvalue weighted by Crippen LogP contribution is 2.34. The molecule has 110 valence electrons. The van der Waals surface area contributed by atoms with E-state index in [1.54, 1.807) is 12.1 Å². The zero-order valence-electron chi connectivity index (χ0n) is 11.8. The van der Waals surface area contributed by atoms with Crippen molar-refractivity contribution < 1.29 is 5.21 Å². The van der Waals surface area contributed by atoms with Gasteiger partial charge >= 0.3 is 0 Å². The normalized spacial score (nSPS) is 19.8. The molecule has 0 spiro atoms.